The topological polar surface area (TPSA) is 35.3 Å². The molecule has 21 heavy (non-hydrogen) atoms. The van der Waals surface area contributed by atoms with Crippen molar-refractivity contribution in [3.05, 3.63) is 46.5 Å². The molecule has 0 amide bonds. The monoisotopic (exact) mass is 281 g/mol. The lowest BCUT2D eigenvalue weighted by Crippen LogP contribution is -1.92. The van der Waals surface area contributed by atoms with Gasteiger partial charge in [-0.25, -0.2) is 4.98 Å². The van der Waals surface area contributed by atoms with Crippen LogP contribution in [0.4, 0.5) is 0 Å². The highest BCUT2D eigenvalue weighted by Gasteiger charge is 2.15. The molecule has 3 aromatic rings. The minimum Gasteiger partial charge on any atom is -0.496 e. The normalized spacial score (nSPS) is 11.1. The fraction of sp³-hybridized carbons (Fsp3) is 0.278. The van der Waals surface area contributed by atoms with Gasteiger partial charge in [-0.2, -0.15) is 0 Å². The van der Waals surface area contributed by atoms with E-state index in [0.29, 0.717) is 5.89 Å². The maximum atomic E-state index is 6.00. The summed E-state index contributed by atoms with van der Waals surface area (Å²) in [5, 5.41) is 0. The van der Waals surface area contributed by atoms with Crippen LogP contribution in [0.5, 0.6) is 5.75 Å². The number of aryl methyl sites for hydroxylation is 2. The average molecular weight is 281 g/mol. The summed E-state index contributed by atoms with van der Waals surface area (Å²) in [5.74, 6) is 1.56. The van der Waals surface area contributed by atoms with Crippen molar-refractivity contribution >= 4 is 11.1 Å². The van der Waals surface area contributed by atoms with E-state index in [1.165, 1.54) is 5.56 Å². The van der Waals surface area contributed by atoms with E-state index in [-0.39, 0.29) is 0 Å². The van der Waals surface area contributed by atoms with Gasteiger partial charge in [-0.15, -0.1) is 0 Å². The van der Waals surface area contributed by atoms with Crippen LogP contribution >= 0.6 is 0 Å². The Morgan fingerprint density at radius 3 is 2.48 bits per heavy atom. The van der Waals surface area contributed by atoms with E-state index in [4.69, 9.17) is 9.15 Å². The minimum absolute atomic E-state index is 0.668. The predicted molar refractivity (Wildman–Crippen MR) is 84.9 cm³/mol. The van der Waals surface area contributed by atoms with E-state index < -0.39 is 0 Å². The molecule has 1 heterocycles. The molecule has 0 bridgehead atoms. The number of ether oxygens (including phenoxy) is 1. The first-order chi connectivity index (χ1) is 10.0. The highest BCUT2D eigenvalue weighted by molar-refractivity contribution is 5.80. The predicted octanol–water partition coefficient (Wildman–Crippen LogP) is 4.74. The zero-order chi connectivity index (χ0) is 15.1. The summed E-state index contributed by atoms with van der Waals surface area (Å²) in [6, 6.07) is 8.14. The Morgan fingerprint density at radius 2 is 1.76 bits per heavy atom. The van der Waals surface area contributed by atoms with Crippen LogP contribution in [0.2, 0.25) is 0 Å². The molecule has 0 saturated carbocycles. The Morgan fingerprint density at radius 1 is 1.00 bits per heavy atom. The van der Waals surface area contributed by atoms with Crippen molar-refractivity contribution in [2.75, 3.05) is 7.11 Å². The van der Waals surface area contributed by atoms with Crippen LogP contribution in [0, 0.1) is 27.7 Å². The summed E-state index contributed by atoms with van der Waals surface area (Å²) >= 11 is 0. The third-order valence-electron chi connectivity index (χ3n) is 4.01. The maximum Gasteiger partial charge on any atom is 0.227 e. The average Bonchev–Trinajstić information content (AvgIpc) is 2.85. The third-order valence-corrected chi connectivity index (χ3v) is 4.01. The summed E-state index contributed by atoms with van der Waals surface area (Å²) in [4.78, 5) is 4.65. The second-order valence-corrected chi connectivity index (χ2v) is 5.51. The van der Waals surface area contributed by atoms with E-state index in [2.05, 4.69) is 44.8 Å². The minimum atomic E-state index is 0.668. The molecule has 0 saturated heterocycles. The Balaban J connectivity index is 2.21. The zero-order valence-corrected chi connectivity index (χ0v) is 13.1. The van der Waals surface area contributed by atoms with Gasteiger partial charge < -0.3 is 9.15 Å². The highest BCUT2D eigenvalue weighted by atomic mass is 16.5. The van der Waals surface area contributed by atoms with Gasteiger partial charge in [-0.05, 0) is 68.1 Å². The molecule has 0 aliphatic heterocycles. The Labute approximate surface area is 124 Å². The zero-order valence-electron chi connectivity index (χ0n) is 13.1. The first kappa shape index (κ1) is 13.7. The van der Waals surface area contributed by atoms with Gasteiger partial charge in [0.1, 0.15) is 11.3 Å². The van der Waals surface area contributed by atoms with Crippen LogP contribution < -0.4 is 4.74 Å². The Bertz CT molecular complexity index is 831. The van der Waals surface area contributed by atoms with Crippen molar-refractivity contribution in [2.24, 2.45) is 0 Å². The summed E-state index contributed by atoms with van der Waals surface area (Å²) in [7, 11) is 1.69. The maximum absolute atomic E-state index is 6.00. The van der Waals surface area contributed by atoms with Gasteiger partial charge in [-0.1, -0.05) is 6.07 Å². The Hall–Kier alpha value is -2.29. The molecule has 108 valence electrons. The standard InChI is InChI=1S/C18H19NO2/c1-10-8-11(2)17-15(9-10)19-18(21-17)14-6-7-16(20-5)13(4)12(14)3/h6-9H,1-5H3. The van der Waals surface area contributed by atoms with Crippen LogP contribution in [-0.4, -0.2) is 12.1 Å². The first-order valence-electron chi connectivity index (χ1n) is 7.03. The van der Waals surface area contributed by atoms with Crippen molar-refractivity contribution in [2.45, 2.75) is 27.7 Å². The Kier molecular flexibility index (Phi) is 3.20. The molecule has 2 aromatic carbocycles. The molecule has 0 unspecified atom stereocenters. The lowest BCUT2D eigenvalue weighted by molar-refractivity contribution is 0.411. The largest absolute Gasteiger partial charge is 0.496 e. The van der Waals surface area contributed by atoms with Crippen molar-refractivity contribution in [3.8, 4) is 17.2 Å². The lowest BCUT2D eigenvalue weighted by Gasteiger charge is -2.10. The van der Waals surface area contributed by atoms with Gasteiger partial charge in [0.15, 0.2) is 5.58 Å². The number of hydrogen-bond donors (Lipinski definition) is 0. The number of fused-ring (bicyclic) bond motifs is 1. The molecule has 0 aliphatic rings. The fourth-order valence-corrected chi connectivity index (χ4v) is 2.74. The van der Waals surface area contributed by atoms with Crippen LogP contribution in [-0.2, 0) is 0 Å². The summed E-state index contributed by atoms with van der Waals surface area (Å²) in [6.07, 6.45) is 0. The number of aromatic nitrogens is 1. The van der Waals surface area contributed by atoms with Gasteiger partial charge in [-0.3, -0.25) is 0 Å². The summed E-state index contributed by atoms with van der Waals surface area (Å²) in [5.41, 5.74) is 7.36. The quantitative estimate of drug-likeness (QED) is 0.680. The van der Waals surface area contributed by atoms with E-state index in [1.807, 2.05) is 12.1 Å². The molecule has 0 atom stereocenters. The third kappa shape index (κ3) is 2.19. The van der Waals surface area contributed by atoms with Crippen molar-refractivity contribution in [1.82, 2.24) is 4.98 Å². The molecule has 0 radical (unpaired) electrons. The molecule has 0 spiro atoms. The number of hydrogen-bond acceptors (Lipinski definition) is 3. The second kappa shape index (κ2) is 4.92. The second-order valence-electron chi connectivity index (χ2n) is 5.51. The van der Waals surface area contributed by atoms with Crippen LogP contribution in [0.25, 0.3) is 22.6 Å². The first-order valence-corrected chi connectivity index (χ1v) is 7.03. The number of benzene rings is 2. The molecule has 1 aromatic heterocycles. The lowest BCUT2D eigenvalue weighted by atomic mass is 10.0. The number of nitrogens with zero attached hydrogens (tertiary/aromatic N) is 1. The van der Waals surface area contributed by atoms with E-state index in [9.17, 15) is 0 Å². The van der Waals surface area contributed by atoms with Crippen LogP contribution in [0.15, 0.2) is 28.7 Å². The van der Waals surface area contributed by atoms with Crippen molar-refractivity contribution in [1.29, 1.82) is 0 Å². The smallest absolute Gasteiger partial charge is 0.227 e. The van der Waals surface area contributed by atoms with Gasteiger partial charge >= 0.3 is 0 Å². The molecule has 3 nitrogen and oxygen atoms in total. The van der Waals surface area contributed by atoms with Gasteiger partial charge in [0.25, 0.3) is 0 Å². The molecule has 0 aliphatic carbocycles. The molecular weight excluding hydrogens is 262 g/mol. The number of methoxy groups -OCH3 is 1. The summed E-state index contributed by atoms with van der Waals surface area (Å²) < 4.78 is 11.4. The molecule has 0 fully saturated rings. The van der Waals surface area contributed by atoms with Crippen molar-refractivity contribution in [3.63, 3.8) is 0 Å². The SMILES string of the molecule is COc1ccc(-c2nc3cc(C)cc(C)c3o2)c(C)c1C. The van der Waals surface area contributed by atoms with Gasteiger partial charge in [0, 0.05) is 5.56 Å². The molecule has 3 heteroatoms. The van der Waals surface area contributed by atoms with E-state index >= 15 is 0 Å². The molecule has 0 N–H and O–H groups in total. The van der Waals surface area contributed by atoms with Gasteiger partial charge in [0.05, 0.1) is 7.11 Å². The fourth-order valence-electron chi connectivity index (χ4n) is 2.74. The van der Waals surface area contributed by atoms with Crippen LogP contribution in [0.3, 0.4) is 0 Å². The number of rotatable bonds is 2. The van der Waals surface area contributed by atoms with E-state index in [0.717, 1.165) is 39.1 Å². The summed E-state index contributed by atoms with van der Waals surface area (Å²) in [6.45, 7) is 8.25. The van der Waals surface area contributed by atoms with Gasteiger partial charge in [0.2, 0.25) is 5.89 Å². The van der Waals surface area contributed by atoms with Crippen LogP contribution in [0.1, 0.15) is 22.3 Å². The highest BCUT2D eigenvalue weighted by Crippen LogP contribution is 2.33. The molecule has 3 rings (SSSR count). The molecular formula is C18H19NO2. The van der Waals surface area contributed by atoms with E-state index in [1.54, 1.807) is 7.11 Å². The van der Waals surface area contributed by atoms with Crippen molar-refractivity contribution < 1.29 is 9.15 Å². The number of oxazole rings is 1.